The number of carbonyl (C=O) groups is 3. The van der Waals surface area contributed by atoms with Crippen LogP contribution in [0.5, 0.6) is 0 Å². The number of amides is 2. The lowest BCUT2D eigenvalue weighted by Crippen LogP contribution is -2.58. The highest BCUT2D eigenvalue weighted by atomic mass is 32.2. The third kappa shape index (κ3) is 6.71. The number of thioether (sulfide) groups is 1. The van der Waals surface area contributed by atoms with E-state index >= 15 is 0 Å². The van der Waals surface area contributed by atoms with Crippen molar-refractivity contribution in [3.8, 4) is 0 Å². The van der Waals surface area contributed by atoms with E-state index in [0.29, 0.717) is 52.3 Å². The molecule has 4 fully saturated rings. The number of hydrogen-bond donors (Lipinski definition) is 1. The second-order valence-electron chi connectivity index (χ2n) is 11.8. The van der Waals surface area contributed by atoms with Crippen LogP contribution in [0.15, 0.2) is 25.3 Å². The zero-order valence-corrected chi connectivity index (χ0v) is 25.5. The van der Waals surface area contributed by atoms with Gasteiger partial charge in [0.05, 0.1) is 36.4 Å². The van der Waals surface area contributed by atoms with E-state index < -0.39 is 22.6 Å². The third-order valence-corrected chi connectivity index (χ3v) is 11.4. The standard InChI is InChI=1S/C31H49N3O6S/c1-4-6-7-11-19-40-30(38)25-24-22-23(3)31(41-24)26(25)28(36)34(13-9-8-10-18-35)27(31)29(37)33(12-5-2)15-14-32-16-20-39-21-17-32/h4-5,23-27,35H,1-2,6-22H2,3H3/t23?,24-,25+,26+,27?,31?/m1/s1. The topological polar surface area (TPSA) is 99.6 Å². The highest BCUT2D eigenvalue weighted by molar-refractivity contribution is 8.02. The van der Waals surface area contributed by atoms with Crippen molar-refractivity contribution in [2.75, 3.05) is 65.7 Å². The number of unbranched alkanes of at least 4 members (excludes halogenated alkanes) is 4. The molecule has 10 heteroatoms. The number of nitrogens with zero attached hydrogens (tertiary/aromatic N) is 3. The summed E-state index contributed by atoms with van der Waals surface area (Å²) in [6.45, 7) is 15.5. The predicted molar refractivity (Wildman–Crippen MR) is 160 cm³/mol. The molecule has 0 aliphatic carbocycles. The minimum absolute atomic E-state index is 0.0207. The molecule has 0 aromatic carbocycles. The first kappa shape index (κ1) is 32.0. The SMILES string of the molecule is C=CCCCCOC(=O)[C@@H]1[C@H]2C(=O)N(CCCCCO)C(C(=O)N(CC=C)CCN3CCOCC3)C23S[C@@H]1CC3C. The zero-order valence-electron chi connectivity index (χ0n) is 24.7. The van der Waals surface area contributed by atoms with Gasteiger partial charge in [-0.1, -0.05) is 19.1 Å². The fraction of sp³-hybridized carbons (Fsp3) is 0.774. The molecule has 2 amide bonds. The fourth-order valence-electron chi connectivity index (χ4n) is 7.25. The van der Waals surface area contributed by atoms with Crippen LogP contribution in [-0.4, -0.2) is 119 Å². The highest BCUT2D eigenvalue weighted by Crippen LogP contribution is 2.68. The van der Waals surface area contributed by atoms with Gasteiger partial charge >= 0.3 is 5.97 Å². The number of esters is 1. The summed E-state index contributed by atoms with van der Waals surface area (Å²) < 4.78 is 10.6. The van der Waals surface area contributed by atoms with Gasteiger partial charge in [-0.05, 0) is 50.9 Å². The van der Waals surface area contributed by atoms with Crippen molar-refractivity contribution in [1.29, 1.82) is 0 Å². The van der Waals surface area contributed by atoms with Gasteiger partial charge in [-0.25, -0.2) is 0 Å². The molecule has 41 heavy (non-hydrogen) atoms. The predicted octanol–water partition coefficient (Wildman–Crippen LogP) is 2.73. The molecular formula is C31H49N3O6S. The van der Waals surface area contributed by atoms with Crippen LogP contribution >= 0.6 is 11.8 Å². The molecule has 4 aliphatic rings. The largest absolute Gasteiger partial charge is 0.465 e. The van der Waals surface area contributed by atoms with Gasteiger partial charge < -0.3 is 24.4 Å². The number of allylic oxidation sites excluding steroid dienone is 1. The Bertz CT molecular complexity index is 943. The Hall–Kier alpha value is -1.88. The van der Waals surface area contributed by atoms with E-state index in [2.05, 4.69) is 25.0 Å². The van der Waals surface area contributed by atoms with E-state index in [9.17, 15) is 19.5 Å². The van der Waals surface area contributed by atoms with Crippen LogP contribution in [0.2, 0.25) is 0 Å². The first-order valence-corrected chi connectivity index (χ1v) is 16.3. The number of hydrogen-bond acceptors (Lipinski definition) is 8. The highest BCUT2D eigenvalue weighted by Gasteiger charge is 2.76. The summed E-state index contributed by atoms with van der Waals surface area (Å²) in [7, 11) is 0. The summed E-state index contributed by atoms with van der Waals surface area (Å²) in [6.07, 6.45) is 9.09. The molecule has 0 radical (unpaired) electrons. The molecule has 4 saturated heterocycles. The first-order valence-electron chi connectivity index (χ1n) is 15.5. The number of likely N-dealkylation sites (tertiary alicyclic amines) is 1. The fourth-order valence-corrected chi connectivity index (χ4v) is 9.65. The molecule has 9 nitrogen and oxygen atoms in total. The van der Waals surface area contributed by atoms with E-state index in [1.807, 2.05) is 11.0 Å². The van der Waals surface area contributed by atoms with Crippen LogP contribution in [0.3, 0.4) is 0 Å². The first-order chi connectivity index (χ1) is 19.9. The zero-order chi connectivity index (χ0) is 29.4. The molecule has 0 aromatic rings. The molecular weight excluding hydrogens is 542 g/mol. The number of carbonyl (C=O) groups excluding carboxylic acids is 3. The van der Waals surface area contributed by atoms with Crippen molar-refractivity contribution in [2.45, 2.75) is 67.9 Å². The Morgan fingerprint density at radius 3 is 2.63 bits per heavy atom. The van der Waals surface area contributed by atoms with Crippen molar-refractivity contribution < 1.29 is 29.0 Å². The lowest BCUT2D eigenvalue weighted by molar-refractivity contribution is -0.154. The molecule has 3 unspecified atom stereocenters. The van der Waals surface area contributed by atoms with Crippen LogP contribution in [0.25, 0.3) is 0 Å². The summed E-state index contributed by atoms with van der Waals surface area (Å²) in [5, 5.41) is 9.27. The smallest absolute Gasteiger partial charge is 0.310 e. The summed E-state index contributed by atoms with van der Waals surface area (Å²) in [6, 6.07) is -0.630. The summed E-state index contributed by atoms with van der Waals surface area (Å²) in [5.74, 6) is -1.40. The number of fused-ring (bicyclic) bond motifs is 1. The molecule has 4 aliphatic heterocycles. The third-order valence-electron chi connectivity index (χ3n) is 9.31. The van der Waals surface area contributed by atoms with Crippen molar-refractivity contribution in [2.24, 2.45) is 17.8 Å². The molecule has 1 spiro atoms. The Morgan fingerprint density at radius 2 is 1.93 bits per heavy atom. The lowest BCUT2D eigenvalue weighted by Gasteiger charge is -2.41. The van der Waals surface area contributed by atoms with Gasteiger partial charge in [0.15, 0.2) is 0 Å². The summed E-state index contributed by atoms with van der Waals surface area (Å²) in [5.41, 5.74) is 0. The molecule has 2 bridgehead atoms. The Labute approximate surface area is 249 Å². The van der Waals surface area contributed by atoms with Gasteiger partial charge in [0.1, 0.15) is 6.04 Å². The molecule has 4 heterocycles. The van der Waals surface area contributed by atoms with E-state index in [1.165, 1.54) is 0 Å². The van der Waals surface area contributed by atoms with Gasteiger partial charge in [0.25, 0.3) is 0 Å². The maximum absolute atomic E-state index is 14.5. The van der Waals surface area contributed by atoms with Crippen LogP contribution in [0.4, 0.5) is 0 Å². The number of rotatable bonds is 17. The van der Waals surface area contributed by atoms with Gasteiger partial charge in [0, 0.05) is 51.1 Å². The maximum Gasteiger partial charge on any atom is 0.310 e. The Morgan fingerprint density at radius 1 is 1.15 bits per heavy atom. The van der Waals surface area contributed by atoms with Gasteiger partial charge in [-0.3, -0.25) is 19.3 Å². The number of aliphatic hydroxyl groups is 1. The van der Waals surface area contributed by atoms with Gasteiger partial charge in [0.2, 0.25) is 11.8 Å². The van der Waals surface area contributed by atoms with E-state index in [1.54, 1.807) is 22.7 Å². The lowest BCUT2D eigenvalue weighted by atomic mass is 9.66. The molecule has 0 saturated carbocycles. The molecule has 230 valence electrons. The number of ether oxygens (including phenoxy) is 2. The molecule has 0 aromatic heterocycles. The minimum atomic E-state index is -0.652. The van der Waals surface area contributed by atoms with Crippen molar-refractivity contribution >= 4 is 29.5 Å². The van der Waals surface area contributed by atoms with Crippen molar-refractivity contribution in [1.82, 2.24) is 14.7 Å². The van der Waals surface area contributed by atoms with Crippen molar-refractivity contribution in [3.05, 3.63) is 25.3 Å². The monoisotopic (exact) mass is 591 g/mol. The molecule has 1 N–H and O–H groups in total. The number of aliphatic hydroxyl groups excluding tert-OH is 1. The van der Waals surface area contributed by atoms with Crippen LogP contribution in [0, 0.1) is 17.8 Å². The summed E-state index contributed by atoms with van der Waals surface area (Å²) in [4.78, 5) is 48.2. The van der Waals surface area contributed by atoms with E-state index in [0.717, 1.165) is 51.7 Å². The molecule has 6 atom stereocenters. The second kappa shape index (κ2) is 15.0. The maximum atomic E-state index is 14.5. The molecule has 4 rings (SSSR count). The normalized spacial score (nSPS) is 30.8. The average Bonchev–Trinajstić information content (AvgIpc) is 3.57. The average molecular weight is 592 g/mol. The number of morpholine rings is 1. The Balaban J connectivity index is 1.58. The van der Waals surface area contributed by atoms with E-state index in [-0.39, 0.29) is 35.6 Å². The Kier molecular flexibility index (Phi) is 11.7. The summed E-state index contributed by atoms with van der Waals surface area (Å²) >= 11 is 1.69. The van der Waals surface area contributed by atoms with Crippen LogP contribution in [-0.2, 0) is 23.9 Å². The van der Waals surface area contributed by atoms with E-state index in [4.69, 9.17) is 9.47 Å². The van der Waals surface area contributed by atoms with Crippen molar-refractivity contribution in [3.63, 3.8) is 0 Å². The van der Waals surface area contributed by atoms with Crippen LogP contribution < -0.4 is 0 Å². The minimum Gasteiger partial charge on any atom is -0.465 e. The van der Waals surface area contributed by atoms with Crippen LogP contribution in [0.1, 0.15) is 51.9 Å². The van der Waals surface area contributed by atoms with Gasteiger partial charge in [-0.15, -0.1) is 24.9 Å². The second-order valence-corrected chi connectivity index (χ2v) is 13.4. The van der Waals surface area contributed by atoms with Gasteiger partial charge in [-0.2, -0.15) is 0 Å². The quantitative estimate of drug-likeness (QED) is 0.157.